The van der Waals surface area contributed by atoms with Gasteiger partial charge >= 0.3 is 12.0 Å². The first-order valence-electron chi connectivity index (χ1n) is 7.82. The molecule has 0 radical (unpaired) electrons. The van der Waals surface area contributed by atoms with Crippen LogP contribution in [0.1, 0.15) is 45.4 Å². The van der Waals surface area contributed by atoms with E-state index < -0.39 is 11.9 Å². The van der Waals surface area contributed by atoms with Crippen LogP contribution in [0, 0.1) is 17.8 Å². The van der Waals surface area contributed by atoms with Crippen LogP contribution in [0.15, 0.2) is 0 Å². The molecule has 2 fully saturated rings. The van der Waals surface area contributed by atoms with Crippen molar-refractivity contribution < 1.29 is 14.7 Å². The summed E-state index contributed by atoms with van der Waals surface area (Å²) in [5.74, 6) is 0.160. The van der Waals surface area contributed by atoms with E-state index in [1.165, 1.54) is 25.7 Å². The quantitative estimate of drug-likeness (QED) is 0.834. The van der Waals surface area contributed by atoms with Gasteiger partial charge in [0.25, 0.3) is 0 Å². The van der Waals surface area contributed by atoms with Crippen LogP contribution in [0.25, 0.3) is 0 Å². The zero-order valence-electron chi connectivity index (χ0n) is 12.3. The molecule has 3 atom stereocenters. The van der Waals surface area contributed by atoms with Crippen LogP contribution in [0.2, 0.25) is 0 Å². The minimum atomic E-state index is -0.788. The Kier molecular flexibility index (Phi) is 5.26. The third-order valence-corrected chi connectivity index (χ3v) is 4.64. The van der Waals surface area contributed by atoms with Gasteiger partial charge in [-0.1, -0.05) is 19.8 Å². The van der Waals surface area contributed by atoms with Crippen molar-refractivity contribution >= 4 is 12.0 Å². The lowest BCUT2D eigenvalue weighted by Crippen LogP contribution is -2.48. The van der Waals surface area contributed by atoms with E-state index in [4.69, 9.17) is 5.11 Å². The second-order valence-corrected chi connectivity index (χ2v) is 6.45. The number of carbonyl (C=O) groups is 2. The summed E-state index contributed by atoms with van der Waals surface area (Å²) in [5.41, 5.74) is 0. The Balaban J connectivity index is 1.75. The number of carboxylic acid groups (broad SMARTS) is 1. The molecule has 5 nitrogen and oxygen atoms in total. The Labute approximate surface area is 120 Å². The average molecular weight is 282 g/mol. The molecule has 0 bridgehead atoms. The Bertz CT molecular complexity index is 359. The molecule has 1 aliphatic carbocycles. The zero-order chi connectivity index (χ0) is 14.5. The van der Waals surface area contributed by atoms with Gasteiger partial charge in [-0.2, -0.15) is 0 Å². The number of urea groups is 1. The van der Waals surface area contributed by atoms with Gasteiger partial charge in [-0.3, -0.25) is 4.79 Å². The molecule has 0 spiro atoms. The summed E-state index contributed by atoms with van der Waals surface area (Å²) in [5, 5.41) is 12.0. The maximum atomic E-state index is 12.1. The Morgan fingerprint density at radius 2 is 2.05 bits per heavy atom. The first kappa shape index (κ1) is 15.1. The molecule has 1 saturated carbocycles. The minimum absolute atomic E-state index is 0.0887. The van der Waals surface area contributed by atoms with Gasteiger partial charge in [0.15, 0.2) is 0 Å². The summed E-state index contributed by atoms with van der Waals surface area (Å²) in [4.78, 5) is 24.8. The van der Waals surface area contributed by atoms with Crippen LogP contribution in [0.4, 0.5) is 4.79 Å². The molecule has 2 N–H and O–H groups in total. The maximum absolute atomic E-state index is 12.1. The van der Waals surface area contributed by atoms with Crippen LogP contribution < -0.4 is 5.32 Å². The van der Waals surface area contributed by atoms with Crippen molar-refractivity contribution in [1.82, 2.24) is 10.2 Å². The van der Waals surface area contributed by atoms with Crippen molar-refractivity contribution in [2.75, 3.05) is 19.6 Å². The van der Waals surface area contributed by atoms with Crippen LogP contribution in [0.5, 0.6) is 0 Å². The molecule has 1 aliphatic heterocycles. The predicted octanol–water partition coefficient (Wildman–Crippen LogP) is 2.32. The van der Waals surface area contributed by atoms with E-state index in [1.807, 2.05) is 0 Å². The van der Waals surface area contributed by atoms with Gasteiger partial charge in [-0.15, -0.1) is 0 Å². The normalized spacial score (nSPS) is 30.9. The van der Waals surface area contributed by atoms with E-state index in [1.54, 1.807) is 4.90 Å². The molecule has 0 aromatic carbocycles. The Morgan fingerprint density at radius 1 is 1.25 bits per heavy atom. The van der Waals surface area contributed by atoms with Crippen LogP contribution in [0.3, 0.4) is 0 Å². The van der Waals surface area contributed by atoms with Crippen molar-refractivity contribution in [1.29, 1.82) is 0 Å². The predicted molar refractivity (Wildman–Crippen MR) is 76.5 cm³/mol. The number of carbonyl (C=O) groups excluding carboxylic acids is 1. The van der Waals surface area contributed by atoms with Crippen molar-refractivity contribution in [3.63, 3.8) is 0 Å². The fourth-order valence-electron chi connectivity index (χ4n) is 3.45. The van der Waals surface area contributed by atoms with Crippen molar-refractivity contribution in [3.05, 3.63) is 0 Å². The Hall–Kier alpha value is -1.26. The van der Waals surface area contributed by atoms with E-state index >= 15 is 0 Å². The van der Waals surface area contributed by atoms with E-state index in [9.17, 15) is 9.59 Å². The van der Waals surface area contributed by atoms with Gasteiger partial charge in [0.05, 0.1) is 5.92 Å². The molecular formula is C15H26N2O3. The highest BCUT2D eigenvalue weighted by molar-refractivity contribution is 5.76. The summed E-state index contributed by atoms with van der Waals surface area (Å²) in [6, 6.07) is -0.0887. The number of piperidine rings is 1. The van der Waals surface area contributed by atoms with Gasteiger partial charge in [0, 0.05) is 19.6 Å². The minimum Gasteiger partial charge on any atom is -0.481 e. The number of carboxylic acids is 1. The largest absolute Gasteiger partial charge is 0.481 e. The molecule has 1 heterocycles. The van der Waals surface area contributed by atoms with E-state index in [-0.39, 0.29) is 6.03 Å². The number of nitrogens with one attached hydrogen (secondary N) is 1. The van der Waals surface area contributed by atoms with Crippen LogP contribution in [-0.2, 0) is 4.79 Å². The number of amides is 2. The van der Waals surface area contributed by atoms with Crippen molar-refractivity contribution in [2.45, 2.75) is 45.4 Å². The summed E-state index contributed by atoms with van der Waals surface area (Å²) >= 11 is 0. The smallest absolute Gasteiger partial charge is 0.317 e. The van der Waals surface area contributed by atoms with Crippen LogP contribution in [-0.4, -0.2) is 41.6 Å². The molecule has 5 heteroatoms. The van der Waals surface area contributed by atoms with E-state index in [2.05, 4.69) is 12.2 Å². The molecule has 2 aliphatic rings. The van der Waals surface area contributed by atoms with E-state index in [0.717, 1.165) is 18.9 Å². The summed E-state index contributed by atoms with van der Waals surface area (Å²) < 4.78 is 0. The summed E-state index contributed by atoms with van der Waals surface area (Å²) in [6.07, 6.45) is 6.41. The molecule has 20 heavy (non-hydrogen) atoms. The highest BCUT2D eigenvalue weighted by Gasteiger charge is 2.28. The number of aliphatic carboxylic acids is 1. The number of rotatable bonds is 3. The zero-order valence-corrected chi connectivity index (χ0v) is 12.3. The summed E-state index contributed by atoms with van der Waals surface area (Å²) in [7, 11) is 0. The fraction of sp³-hybridized carbons (Fsp3) is 0.867. The molecule has 114 valence electrons. The second kappa shape index (κ2) is 6.95. The monoisotopic (exact) mass is 282 g/mol. The lowest BCUT2D eigenvalue weighted by Gasteiger charge is -2.32. The van der Waals surface area contributed by atoms with Gasteiger partial charge in [0.1, 0.15) is 0 Å². The summed E-state index contributed by atoms with van der Waals surface area (Å²) in [6.45, 7) is 4.03. The van der Waals surface area contributed by atoms with E-state index in [0.29, 0.717) is 25.4 Å². The lowest BCUT2D eigenvalue weighted by molar-refractivity contribution is -0.143. The fourth-order valence-corrected chi connectivity index (χ4v) is 3.45. The number of nitrogens with zero attached hydrogens (tertiary/aromatic N) is 1. The topological polar surface area (TPSA) is 69.6 Å². The lowest BCUT2D eigenvalue weighted by atomic mass is 9.82. The standard InChI is InChI=1S/C15H26N2O3/c1-11-4-2-5-12(8-11)9-16-15(20)17-7-3-6-13(10-17)14(18)19/h11-13H,2-10H2,1H3,(H,16,20)(H,18,19)/t11?,12?,13-/m1/s1. The molecule has 2 amide bonds. The SMILES string of the molecule is CC1CCCC(CNC(=O)N2CCC[C@@H](C(=O)O)C2)C1. The van der Waals surface area contributed by atoms with Crippen molar-refractivity contribution in [3.8, 4) is 0 Å². The van der Waals surface area contributed by atoms with Gasteiger partial charge < -0.3 is 15.3 Å². The first-order chi connectivity index (χ1) is 9.56. The maximum Gasteiger partial charge on any atom is 0.317 e. The van der Waals surface area contributed by atoms with Gasteiger partial charge in [0.2, 0.25) is 0 Å². The number of likely N-dealkylation sites (tertiary alicyclic amines) is 1. The third-order valence-electron chi connectivity index (χ3n) is 4.64. The van der Waals surface area contributed by atoms with Gasteiger partial charge in [-0.05, 0) is 37.5 Å². The van der Waals surface area contributed by atoms with Crippen LogP contribution >= 0.6 is 0 Å². The molecule has 2 rings (SSSR count). The number of hydrogen-bond acceptors (Lipinski definition) is 2. The van der Waals surface area contributed by atoms with Gasteiger partial charge in [-0.25, -0.2) is 4.79 Å². The molecule has 1 saturated heterocycles. The third kappa shape index (κ3) is 4.12. The molecule has 2 unspecified atom stereocenters. The highest BCUT2D eigenvalue weighted by Crippen LogP contribution is 2.28. The molecule has 0 aromatic rings. The highest BCUT2D eigenvalue weighted by atomic mass is 16.4. The first-order valence-corrected chi connectivity index (χ1v) is 7.82. The Morgan fingerprint density at radius 3 is 2.75 bits per heavy atom. The second-order valence-electron chi connectivity index (χ2n) is 6.45. The molecule has 0 aromatic heterocycles. The van der Waals surface area contributed by atoms with Crippen molar-refractivity contribution in [2.24, 2.45) is 17.8 Å². The average Bonchev–Trinajstić information content (AvgIpc) is 2.45. The number of hydrogen-bond donors (Lipinski definition) is 2. The molecular weight excluding hydrogens is 256 g/mol.